The van der Waals surface area contributed by atoms with Gasteiger partial charge in [0, 0.05) is 16.7 Å². The van der Waals surface area contributed by atoms with Crippen LogP contribution >= 0.6 is 0 Å². The highest BCUT2D eigenvalue weighted by Gasteiger charge is 2.53. The molecule has 1 amide bonds. The Balaban J connectivity index is 2.04. The smallest absolute Gasteiger partial charge is 0.261 e. The van der Waals surface area contributed by atoms with E-state index in [-0.39, 0.29) is 18.1 Å². The fourth-order valence-corrected chi connectivity index (χ4v) is 3.13. The molecule has 0 saturated carbocycles. The maximum atomic E-state index is 12.6. The molecule has 4 rings (SSSR count). The Morgan fingerprint density at radius 1 is 0.950 bits per heavy atom. The monoisotopic (exact) mass is 265 g/mol. The SMILES string of the molecule is O=C1CC2(O)c3ccccc3C(=O)N2c2ccccc21. The van der Waals surface area contributed by atoms with Crippen molar-refractivity contribution in [2.45, 2.75) is 12.1 Å². The molecule has 0 aliphatic carbocycles. The van der Waals surface area contributed by atoms with E-state index in [0.29, 0.717) is 22.4 Å². The fraction of sp³-hybridized carbons (Fsp3) is 0.125. The van der Waals surface area contributed by atoms with Crippen molar-refractivity contribution in [2.24, 2.45) is 0 Å². The third kappa shape index (κ3) is 1.19. The highest BCUT2D eigenvalue weighted by Crippen LogP contribution is 2.47. The van der Waals surface area contributed by atoms with Gasteiger partial charge in [-0.25, -0.2) is 0 Å². The Kier molecular flexibility index (Phi) is 2.02. The van der Waals surface area contributed by atoms with E-state index in [1.807, 2.05) is 0 Å². The zero-order chi connectivity index (χ0) is 13.9. The number of hydrogen-bond donors (Lipinski definition) is 1. The summed E-state index contributed by atoms with van der Waals surface area (Å²) in [6.07, 6.45) is -0.104. The van der Waals surface area contributed by atoms with E-state index < -0.39 is 5.72 Å². The fourth-order valence-electron chi connectivity index (χ4n) is 3.13. The molecule has 2 aliphatic heterocycles. The summed E-state index contributed by atoms with van der Waals surface area (Å²) in [4.78, 5) is 26.2. The summed E-state index contributed by atoms with van der Waals surface area (Å²) < 4.78 is 0. The molecule has 4 nitrogen and oxygen atoms in total. The van der Waals surface area contributed by atoms with Crippen LogP contribution in [-0.2, 0) is 5.72 Å². The Bertz CT molecular complexity index is 768. The van der Waals surface area contributed by atoms with Gasteiger partial charge >= 0.3 is 0 Å². The van der Waals surface area contributed by atoms with Gasteiger partial charge in [-0.05, 0) is 18.2 Å². The highest BCUT2D eigenvalue weighted by molar-refractivity contribution is 6.18. The van der Waals surface area contributed by atoms with E-state index in [1.165, 1.54) is 4.90 Å². The normalized spacial score (nSPS) is 23.4. The quantitative estimate of drug-likeness (QED) is 0.793. The van der Waals surface area contributed by atoms with Gasteiger partial charge in [0.25, 0.3) is 5.91 Å². The van der Waals surface area contributed by atoms with Crippen molar-refractivity contribution in [1.82, 2.24) is 0 Å². The first-order valence-electron chi connectivity index (χ1n) is 6.41. The van der Waals surface area contributed by atoms with Crippen LogP contribution in [-0.4, -0.2) is 16.8 Å². The standard InChI is InChI=1S/C16H11NO3/c18-14-9-16(20)12-7-3-1-5-10(12)15(19)17(16)13-8-4-2-6-11(13)14/h1-8,20H,9H2. The second-order valence-electron chi connectivity index (χ2n) is 5.12. The lowest BCUT2D eigenvalue weighted by Crippen LogP contribution is -2.49. The molecule has 0 spiro atoms. The Hall–Kier alpha value is -2.46. The average Bonchev–Trinajstić information content (AvgIpc) is 2.68. The first kappa shape index (κ1) is 11.4. The van der Waals surface area contributed by atoms with Crippen LogP contribution in [0.15, 0.2) is 48.5 Å². The van der Waals surface area contributed by atoms with Gasteiger partial charge in [-0.1, -0.05) is 30.3 Å². The number of fused-ring (bicyclic) bond motifs is 5. The Labute approximate surface area is 115 Å². The van der Waals surface area contributed by atoms with E-state index in [9.17, 15) is 14.7 Å². The van der Waals surface area contributed by atoms with Gasteiger partial charge in [-0.2, -0.15) is 0 Å². The number of rotatable bonds is 0. The topological polar surface area (TPSA) is 57.6 Å². The third-order valence-corrected chi connectivity index (χ3v) is 4.01. The first-order chi connectivity index (χ1) is 9.63. The van der Waals surface area contributed by atoms with E-state index >= 15 is 0 Å². The number of carbonyl (C=O) groups excluding carboxylic acids is 2. The predicted molar refractivity (Wildman–Crippen MR) is 72.5 cm³/mol. The molecule has 98 valence electrons. The van der Waals surface area contributed by atoms with Crippen molar-refractivity contribution >= 4 is 17.4 Å². The molecule has 20 heavy (non-hydrogen) atoms. The van der Waals surface area contributed by atoms with Crippen LogP contribution in [0.4, 0.5) is 5.69 Å². The predicted octanol–water partition coefficient (Wildman–Crippen LogP) is 2.08. The van der Waals surface area contributed by atoms with Crippen LogP contribution in [0.2, 0.25) is 0 Å². The van der Waals surface area contributed by atoms with E-state index in [1.54, 1.807) is 48.5 Å². The summed E-state index contributed by atoms with van der Waals surface area (Å²) in [5, 5.41) is 10.9. The van der Waals surface area contributed by atoms with Crippen LogP contribution in [0.25, 0.3) is 0 Å². The number of benzene rings is 2. The summed E-state index contributed by atoms with van der Waals surface area (Å²) in [7, 11) is 0. The number of Topliss-reactive ketones (excluding diaryl/α,β-unsaturated/α-hetero) is 1. The van der Waals surface area contributed by atoms with Crippen molar-refractivity contribution in [3.63, 3.8) is 0 Å². The van der Waals surface area contributed by atoms with Crippen molar-refractivity contribution in [2.75, 3.05) is 4.90 Å². The number of carbonyl (C=O) groups is 2. The summed E-state index contributed by atoms with van der Waals surface area (Å²) >= 11 is 0. The molecule has 1 N–H and O–H groups in total. The molecule has 2 aromatic rings. The van der Waals surface area contributed by atoms with Crippen molar-refractivity contribution in [1.29, 1.82) is 0 Å². The molecule has 0 saturated heterocycles. The second-order valence-corrected chi connectivity index (χ2v) is 5.12. The van der Waals surface area contributed by atoms with Gasteiger partial charge in [0.1, 0.15) is 0 Å². The second kappa shape index (κ2) is 3.55. The molecule has 0 bridgehead atoms. The minimum Gasteiger partial charge on any atom is -0.366 e. The number of anilines is 1. The summed E-state index contributed by atoms with van der Waals surface area (Å²) in [5.74, 6) is -0.410. The van der Waals surface area contributed by atoms with E-state index in [2.05, 4.69) is 0 Å². The molecule has 2 heterocycles. The van der Waals surface area contributed by atoms with Crippen LogP contribution in [0.5, 0.6) is 0 Å². The average molecular weight is 265 g/mol. The molecule has 0 aromatic heterocycles. The number of para-hydroxylation sites is 1. The van der Waals surface area contributed by atoms with Gasteiger partial charge in [0.15, 0.2) is 11.5 Å². The molecule has 2 aromatic carbocycles. The third-order valence-electron chi connectivity index (χ3n) is 4.01. The van der Waals surface area contributed by atoms with Gasteiger partial charge in [-0.15, -0.1) is 0 Å². The molecular formula is C16H11NO3. The Morgan fingerprint density at radius 3 is 2.40 bits per heavy atom. The largest absolute Gasteiger partial charge is 0.366 e. The number of nitrogens with zero attached hydrogens (tertiary/aromatic N) is 1. The van der Waals surface area contributed by atoms with Crippen molar-refractivity contribution in [3.8, 4) is 0 Å². The maximum absolute atomic E-state index is 12.6. The maximum Gasteiger partial charge on any atom is 0.261 e. The van der Waals surface area contributed by atoms with Crippen LogP contribution in [0.1, 0.15) is 32.7 Å². The van der Waals surface area contributed by atoms with Gasteiger partial charge in [-0.3, -0.25) is 14.5 Å². The lowest BCUT2D eigenvalue weighted by atomic mass is 9.89. The van der Waals surface area contributed by atoms with Crippen molar-refractivity contribution in [3.05, 3.63) is 65.2 Å². The van der Waals surface area contributed by atoms with Gasteiger partial charge in [0.05, 0.1) is 12.1 Å². The first-order valence-corrected chi connectivity index (χ1v) is 6.41. The molecule has 1 atom stereocenters. The zero-order valence-corrected chi connectivity index (χ0v) is 10.5. The minimum atomic E-state index is -1.56. The number of aliphatic hydroxyl groups is 1. The number of amides is 1. The molecular weight excluding hydrogens is 254 g/mol. The van der Waals surface area contributed by atoms with Crippen LogP contribution in [0.3, 0.4) is 0 Å². The van der Waals surface area contributed by atoms with Crippen LogP contribution in [0, 0.1) is 0 Å². The summed E-state index contributed by atoms with van der Waals surface area (Å²) in [5.41, 5.74) is 0.372. The number of ketones is 1. The number of hydrogen-bond acceptors (Lipinski definition) is 3. The zero-order valence-electron chi connectivity index (χ0n) is 10.5. The van der Waals surface area contributed by atoms with Crippen LogP contribution < -0.4 is 4.90 Å². The highest BCUT2D eigenvalue weighted by atomic mass is 16.3. The Morgan fingerprint density at radius 2 is 1.60 bits per heavy atom. The summed E-state index contributed by atoms with van der Waals surface area (Å²) in [6.45, 7) is 0. The molecule has 0 radical (unpaired) electrons. The van der Waals surface area contributed by atoms with Gasteiger partial charge in [0.2, 0.25) is 0 Å². The van der Waals surface area contributed by atoms with E-state index in [0.717, 1.165) is 0 Å². The van der Waals surface area contributed by atoms with E-state index in [4.69, 9.17) is 0 Å². The lowest BCUT2D eigenvalue weighted by Gasteiger charge is -2.38. The summed E-state index contributed by atoms with van der Waals surface area (Å²) in [6, 6.07) is 13.8. The van der Waals surface area contributed by atoms with Crippen molar-refractivity contribution < 1.29 is 14.7 Å². The molecule has 4 heteroatoms. The lowest BCUT2D eigenvalue weighted by molar-refractivity contribution is 0.0275. The minimum absolute atomic E-state index is 0.104. The molecule has 2 aliphatic rings. The molecule has 0 fully saturated rings. The molecule has 1 unspecified atom stereocenters. The van der Waals surface area contributed by atoms with Gasteiger partial charge < -0.3 is 5.11 Å².